The van der Waals surface area contributed by atoms with Crippen molar-refractivity contribution in [2.24, 2.45) is 0 Å². The van der Waals surface area contributed by atoms with Crippen molar-refractivity contribution in [1.29, 1.82) is 0 Å². The van der Waals surface area contributed by atoms with Crippen molar-refractivity contribution in [2.75, 3.05) is 43.9 Å². The van der Waals surface area contributed by atoms with Crippen LogP contribution in [0.5, 0.6) is 5.75 Å². The van der Waals surface area contributed by atoms with Gasteiger partial charge in [0, 0.05) is 25.0 Å². The highest BCUT2D eigenvalue weighted by Crippen LogP contribution is 2.45. The lowest BCUT2D eigenvalue weighted by atomic mass is 10.2. The third-order valence-electron chi connectivity index (χ3n) is 4.34. The van der Waals surface area contributed by atoms with Crippen LogP contribution < -0.4 is 10.1 Å². The number of amides is 1. The molecular weight excluding hydrogens is 454 g/mol. The van der Waals surface area contributed by atoms with Gasteiger partial charge in [-0.1, -0.05) is 17.7 Å². The fraction of sp³-hybridized carbons (Fsp3) is 0.409. The minimum absolute atomic E-state index is 0.100. The van der Waals surface area contributed by atoms with Gasteiger partial charge in [-0.3, -0.25) is 4.79 Å². The molecule has 0 bridgehead atoms. The molecule has 2 rings (SSSR count). The van der Waals surface area contributed by atoms with E-state index < -0.39 is 26.5 Å². The van der Waals surface area contributed by atoms with Crippen LogP contribution in [0.4, 0.5) is 5.69 Å². The van der Waals surface area contributed by atoms with E-state index >= 15 is 0 Å². The zero-order valence-electron chi connectivity index (χ0n) is 18.7. The summed E-state index contributed by atoms with van der Waals surface area (Å²) < 4.78 is 40.8. The van der Waals surface area contributed by atoms with Crippen LogP contribution in [0.25, 0.3) is 0 Å². The van der Waals surface area contributed by atoms with Crippen LogP contribution >= 0.6 is 10.3 Å². The summed E-state index contributed by atoms with van der Waals surface area (Å²) >= 11 is 0. The van der Waals surface area contributed by atoms with Crippen LogP contribution in [0, 0.1) is 6.92 Å². The van der Waals surface area contributed by atoms with Crippen molar-refractivity contribution in [3.63, 3.8) is 0 Å². The summed E-state index contributed by atoms with van der Waals surface area (Å²) in [6.07, 6.45) is 2.83. The highest BCUT2D eigenvalue weighted by Gasteiger charge is 2.25. The third-order valence-corrected chi connectivity index (χ3v) is 8.57. The molecule has 0 aliphatic carbocycles. The number of carbonyl (C=O) groups is 1. The van der Waals surface area contributed by atoms with Crippen LogP contribution in [0.15, 0.2) is 53.4 Å². The second kappa shape index (κ2) is 11.7. The maximum Gasteiger partial charge on any atom is 0.306 e. The molecule has 2 N–H and O–H groups in total. The number of aliphatic hydroxyl groups is 1. The number of anilines is 1. The first-order chi connectivity index (χ1) is 15.0. The van der Waals surface area contributed by atoms with Crippen molar-refractivity contribution in [3.05, 3.63) is 54.1 Å². The van der Waals surface area contributed by atoms with Crippen molar-refractivity contribution in [3.8, 4) is 5.75 Å². The molecule has 178 valence electrons. The minimum atomic E-state index is -3.90. The molecule has 10 heteroatoms. The van der Waals surface area contributed by atoms with Gasteiger partial charge in [0.05, 0.1) is 11.5 Å². The van der Waals surface area contributed by atoms with Crippen molar-refractivity contribution in [2.45, 2.75) is 24.3 Å². The van der Waals surface area contributed by atoms with Gasteiger partial charge in [-0.05, 0) is 55.8 Å². The number of rotatable bonds is 12. The van der Waals surface area contributed by atoms with E-state index in [1.807, 2.05) is 6.92 Å². The summed E-state index contributed by atoms with van der Waals surface area (Å²) in [7, 11) is -4.41. The van der Waals surface area contributed by atoms with Crippen LogP contribution in [-0.2, 0) is 23.3 Å². The summed E-state index contributed by atoms with van der Waals surface area (Å²) in [6, 6.07) is 13.2. The molecule has 0 spiro atoms. The maximum atomic E-state index is 12.5. The quantitative estimate of drug-likeness (QED) is 0.475. The van der Waals surface area contributed by atoms with Gasteiger partial charge in [0.1, 0.15) is 18.5 Å². The van der Waals surface area contributed by atoms with Crippen LogP contribution in [0.2, 0.25) is 0 Å². The van der Waals surface area contributed by atoms with E-state index in [2.05, 4.69) is 5.32 Å². The second-order valence-electron chi connectivity index (χ2n) is 7.72. The Hall–Kier alpha value is -2.11. The Kier molecular flexibility index (Phi) is 9.53. The average molecular weight is 486 g/mol. The Morgan fingerprint density at radius 2 is 1.66 bits per heavy atom. The van der Waals surface area contributed by atoms with Gasteiger partial charge in [0.15, 0.2) is 0 Å². The number of carbonyl (C=O) groups excluding carboxylic acids is 1. The molecule has 0 saturated carbocycles. The zero-order valence-corrected chi connectivity index (χ0v) is 20.4. The first-order valence-electron chi connectivity index (χ1n) is 9.94. The Bertz CT molecular complexity index is 974. The summed E-state index contributed by atoms with van der Waals surface area (Å²) in [4.78, 5) is 12.4. The molecule has 8 nitrogen and oxygen atoms in total. The van der Waals surface area contributed by atoms with Gasteiger partial charge >= 0.3 is 10.1 Å². The van der Waals surface area contributed by atoms with Gasteiger partial charge in [-0.2, -0.15) is 8.42 Å². The number of aliphatic hydroxyl groups excluding tert-OH is 1. The number of hydrogen-bond donors (Lipinski definition) is 2. The molecule has 0 aromatic heterocycles. The predicted molar refractivity (Wildman–Crippen MR) is 127 cm³/mol. The summed E-state index contributed by atoms with van der Waals surface area (Å²) in [5.74, 6) is 0.604. The van der Waals surface area contributed by atoms with E-state index in [0.717, 1.165) is 5.56 Å². The van der Waals surface area contributed by atoms with E-state index in [1.165, 1.54) is 19.2 Å². The molecule has 0 heterocycles. The molecule has 1 atom stereocenters. The van der Waals surface area contributed by atoms with Crippen molar-refractivity contribution < 1.29 is 31.4 Å². The van der Waals surface area contributed by atoms with Crippen LogP contribution in [0.3, 0.4) is 0 Å². The fourth-order valence-corrected chi connectivity index (χ4v) is 6.32. The summed E-state index contributed by atoms with van der Waals surface area (Å²) in [5.41, 5.74) is 1.54. The zero-order chi connectivity index (χ0) is 23.8. The number of nitrogens with one attached hydrogen (secondary N) is 1. The van der Waals surface area contributed by atoms with Gasteiger partial charge in [-0.15, -0.1) is 10.3 Å². The van der Waals surface area contributed by atoms with Crippen LogP contribution in [-0.4, -0.2) is 64.1 Å². The Morgan fingerprint density at radius 1 is 1.03 bits per heavy atom. The SMILES string of the molecule is COCC(O)COc1ccc(NC(=O)CCS(C)(C)OS(=O)(=O)c2ccc(C)cc2)cc1. The van der Waals surface area contributed by atoms with Gasteiger partial charge in [0.2, 0.25) is 5.91 Å². The van der Waals surface area contributed by atoms with Gasteiger partial charge < -0.3 is 19.9 Å². The van der Waals surface area contributed by atoms with E-state index in [-0.39, 0.29) is 30.4 Å². The largest absolute Gasteiger partial charge is 0.491 e. The smallest absolute Gasteiger partial charge is 0.306 e. The lowest BCUT2D eigenvalue weighted by Gasteiger charge is -2.29. The van der Waals surface area contributed by atoms with Crippen LogP contribution in [0.1, 0.15) is 12.0 Å². The van der Waals surface area contributed by atoms with E-state index in [0.29, 0.717) is 17.2 Å². The Morgan fingerprint density at radius 3 is 2.25 bits per heavy atom. The lowest BCUT2D eigenvalue weighted by Crippen LogP contribution is -2.22. The predicted octanol–water partition coefficient (Wildman–Crippen LogP) is 3.09. The molecule has 0 aliphatic rings. The normalized spacial score (nSPS) is 13.4. The number of ether oxygens (including phenoxy) is 2. The van der Waals surface area contributed by atoms with E-state index in [4.69, 9.17) is 13.1 Å². The molecule has 32 heavy (non-hydrogen) atoms. The number of benzene rings is 2. The number of methoxy groups -OCH3 is 1. The minimum Gasteiger partial charge on any atom is -0.491 e. The number of aryl methyl sites for hydroxylation is 1. The number of hydrogen-bond acceptors (Lipinski definition) is 7. The maximum absolute atomic E-state index is 12.5. The van der Waals surface area contributed by atoms with Crippen molar-refractivity contribution >= 4 is 32.0 Å². The highest BCUT2D eigenvalue weighted by atomic mass is 32.3. The van der Waals surface area contributed by atoms with Gasteiger partial charge in [-0.25, -0.2) is 3.63 Å². The Labute approximate surface area is 191 Å². The molecule has 0 aliphatic heterocycles. The van der Waals surface area contributed by atoms with E-state index in [9.17, 15) is 18.3 Å². The molecule has 1 amide bonds. The monoisotopic (exact) mass is 485 g/mol. The molecule has 0 radical (unpaired) electrons. The summed E-state index contributed by atoms with van der Waals surface area (Å²) in [6.45, 7) is 2.16. The summed E-state index contributed by atoms with van der Waals surface area (Å²) in [5, 5.41) is 12.4. The second-order valence-corrected chi connectivity index (χ2v) is 12.9. The average Bonchev–Trinajstić information content (AvgIpc) is 2.72. The molecule has 2 aromatic carbocycles. The molecule has 1 unspecified atom stereocenters. The first-order valence-corrected chi connectivity index (χ1v) is 13.9. The molecule has 0 saturated heterocycles. The molecule has 2 aromatic rings. The standard InChI is InChI=1S/C22H31NO7S2/c1-17-5-11-21(12-6-17)32(26,27)30-31(3,4)14-13-22(25)23-18-7-9-20(10-8-18)29-16-19(24)15-28-2/h5-12,19,24H,13-16H2,1-4H3,(H,23,25). The van der Waals surface area contributed by atoms with E-state index in [1.54, 1.807) is 48.9 Å². The van der Waals surface area contributed by atoms with Crippen molar-refractivity contribution in [1.82, 2.24) is 0 Å². The molecular formula is C22H31NO7S2. The Balaban J connectivity index is 1.84. The fourth-order valence-electron chi connectivity index (χ4n) is 2.65. The first kappa shape index (κ1) is 26.1. The van der Waals surface area contributed by atoms with Gasteiger partial charge in [0.25, 0.3) is 0 Å². The topological polar surface area (TPSA) is 111 Å². The highest BCUT2D eigenvalue weighted by molar-refractivity contribution is 8.32. The molecule has 0 fully saturated rings. The third kappa shape index (κ3) is 8.79. The lowest BCUT2D eigenvalue weighted by molar-refractivity contribution is -0.115.